The van der Waals surface area contributed by atoms with Crippen LogP contribution in [0.4, 0.5) is 11.8 Å². The minimum Gasteiger partial charge on any atom is -0.497 e. The second-order valence-corrected chi connectivity index (χ2v) is 3.48. The van der Waals surface area contributed by atoms with Gasteiger partial charge in [-0.15, -0.1) is 0 Å². The number of nitrogen functional groups attached to an aromatic ring is 1. The minimum atomic E-state index is 0.433. The van der Waals surface area contributed by atoms with Crippen molar-refractivity contribution in [3.63, 3.8) is 0 Å². The van der Waals surface area contributed by atoms with E-state index in [1.54, 1.807) is 20.2 Å². The van der Waals surface area contributed by atoms with E-state index in [-0.39, 0.29) is 0 Å². The Labute approximate surface area is 99.7 Å². The Morgan fingerprint density at radius 3 is 2.76 bits per heavy atom. The minimum absolute atomic E-state index is 0.433. The molecule has 0 fully saturated rings. The third-order valence-electron chi connectivity index (χ3n) is 2.34. The molecule has 0 aliphatic heterocycles. The number of nitrogens with zero attached hydrogens (tertiary/aromatic N) is 2. The molecular weight excluding hydrogens is 216 g/mol. The van der Waals surface area contributed by atoms with Crippen LogP contribution < -0.4 is 15.8 Å². The fraction of sp³-hybridized carbons (Fsp3) is 0.167. The molecule has 0 saturated heterocycles. The number of hydrogen-bond donors (Lipinski definition) is 2. The predicted molar refractivity (Wildman–Crippen MR) is 68.0 cm³/mol. The summed E-state index contributed by atoms with van der Waals surface area (Å²) in [4.78, 5) is 8.38. The topological polar surface area (TPSA) is 73.1 Å². The van der Waals surface area contributed by atoms with Crippen LogP contribution in [-0.4, -0.2) is 24.1 Å². The molecule has 0 unspecified atom stereocenters. The van der Waals surface area contributed by atoms with Crippen LogP contribution in [0.5, 0.6) is 5.75 Å². The molecule has 1 aromatic heterocycles. The van der Waals surface area contributed by atoms with Gasteiger partial charge >= 0.3 is 0 Å². The van der Waals surface area contributed by atoms with E-state index < -0.39 is 0 Å². The Morgan fingerprint density at radius 2 is 2.06 bits per heavy atom. The molecule has 0 saturated carbocycles. The van der Waals surface area contributed by atoms with Crippen molar-refractivity contribution in [2.45, 2.75) is 0 Å². The monoisotopic (exact) mass is 230 g/mol. The number of hydrogen-bond acceptors (Lipinski definition) is 5. The summed E-state index contributed by atoms with van der Waals surface area (Å²) in [6.07, 6.45) is 0. The van der Waals surface area contributed by atoms with Gasteiger partial charge in [-0.05, 0) is 12.1 Å². The van der Waals surface area contributed by atoms with Crippen LogP contribution in [0.1, 0.15) is 0 Å². The normalized spacial score (nSPS) is 10.0. The van der Waals surface area contributed by atoms with Crippen LogP contribution in [0, 0.1) is 0 Å². The van der Waals surface area contributed by atoms with Gasteiger partial charge in [0.05, 0.1) is 12.8 Å². The van der Waals surface area contributed by atoms with Gasteiger partial charge in [0.2, 0.25) is 5.95 Å². The first kappa shape index (κ1) is 11.2. The molecule has 1 heterocycles. The third kappa shape index (κ3) is 2.44. The van der Waals surface area contributed by atoms with Crippen molar-refractivity contribution in [1.29, 1.82) is 0 Å². The molecular formula is C12H14N4O. The Kier molecular flexibility index (Phi) is 3.09. The maximum absolute atomic E-state index is 5.72. The summed E-state index contributed by atoms with van der Waals surface area (Å²) >= 11 is 0. The quantitative estimate of drug-likeness (QED) is 0.840. The van der Waals surface area contributed by atoms with Crippen molar-refractivity contribution in [2.24, 2.45) is 0 Å². The zero-order chi connectivity index (χ0) is 12.3. The van der Waals surface area contributed by atoms with E-state index in [9.17, 15) is 0 Å². The van der Waals surface area contributed by atoms with Crippen LogP contribution in [0.25, 0.3) is 11.3 Å². The lowest BCUT2D eigenvalue weighted by Gasteiger charge is -2.06. The van der Waals surface area contributed by atoms with Gasteiger partial charge in [-0.3, -0.25) is 0 Å². The first-order chi connectivity index (χ1) is 8.22. The van der Waals surface area contributed by atoms with E-state index in [1.807, 2.05) is 24.3 Å². The highest BCUT2D eigenvalue weighted by Gasteiger charge is 2.05. The van der Waals surface area contributed by atoms with E-state index in [1.165, 1.54) is 0 Å². The molecule has 2 aromatic rings. The smallest absolute Gasteiger partial charge is 0.224 e. The Morgan fingerprint density at radius 1 is 1.24 bits per heavy atom. The SMILES string of the molecule is CNc1nc(N)cc(-c2cccc(OC)c2)n1. The molecule has 0 amide bonds. The molecule has 5 nitrogen and oxygen atoms in total. The molecule has 17 heavy (non-hydrogen) atoms. The van der Waals surface area contributed by atoms with E-state index in [4.69, 9.17) is 10.5 Å². The second-order valence-electron chi connectivity index (χ2n) is 3.48. The van der Waals surface area contributed by atoms with E-state index >= 15 is 0 Å². The van der Waals surface area contributed by atoms with Crippen LogP contribution in [0.15, 0.2) is 30.3 Å². The standard InChI is InChI=1S/C12H14N4O/c1-14-12-15-10(7-11(13)16-12)8-4-3-5-9(6-8)17-2/h3-7H,1-2H3,(H3,13,14,15,16). The molecule has 0 bridgehead atoms. The average Bonchev–Trinajstić information content (AvgIpc) is 2.38. The number of benzene rings is 1. The van der Waals surface area contributed by atoms with Crippen molar-refractivity contribution in [3.05, 3.63) is 30.3 Å². The Balaban J connectivity index is 2.47. The summed E-state index contributed by atoms with van der Waals surface area (Å²) in [6, 6.07) is 9.37. The van der Waals surface area contributed by atoms with Gasteiger partial charge in [-0.2, -0.15) is 4.98 Å². The summed E-state index contributed by atoms with van der Waals surface area (Å²) < 4.78 is 5.17. The number of aromatic nitrogens is 2. The van der Waals surface area contributed by atoms with Crippen molar-refractivity contribution in [3.8, 4) is 17.0 Å². The van der Waals surface area contributed by atoms with Crippen molar-refractivity contribution < 1.29 is 4.74 Å². The van der Waals surface area contributed by atoms with Crippen molar-refractivity contribution in [2.75, 3.05) is 25.2 Å². The second kappa shape index (κ2) is 4.69. The van der Waals surface area contributed by atoms with Crippen LogP contribution >= 0.6 is 0 Å². The number of nitrogens with one attached hydrogen (secondary N) is 1. The summed E-state index contributed by atoms with van der Waals surface area (Å²) in [5.74, 6) is 1.72. The predicted octanol–water partition coefficient (Wildman–Crippen LogP) is 1.78. The molecule has 1 aromatic carbocycles. The van der Waals surface area contributed by atoms with E-state index in [0.29, 0.717) is 11.8 Å². The molecule has 0 atom stereocenters. The fourth-order valence-corrected chi connectivity index (χ4v) is 1.51. The first-order valence-electron chi connectivity index (χ1n) is 5.19. The van der Waals surface area contributed by atoms with Crippen LogP contribution in [0.3, 0.4) is 0 Å². The van der Waals surface area contributed by atoms with Gasteiger partial charge in [0.15, 0.2) is 0 Å². The number of anilines is 2. The highest BCUT2D eigenvalue weighted by atomic mass is 16.5. The number of nitrogens with two attached hydrogens (primary N) is 1. The zero-order valence-electron chi connectivity index (χ0n) is 9.77. The average molecular weight is 230 g/mol. The number of ether oxygens (including phenoxy) is 1. The lowest BCUT2D eigenvalue weighted by Crippen LogP contribution is -2.01. The fourth-order valence-electron chi connectivity index (χ4n) is 1.51. The van der Waals surface area contributed by atoms with Gasteiger partial charge in [-0.1, -0.05) is 12.1 Å². The largest absolute Gasteiger partial charge is 0.497 e. The first-order valence-corrected chi connectivity index (χ1v) is 5.19. The molecule has 0 radical (unpaired) electrons. The molecule has 5 heteroatoms. The molecule has 0 aliphatic rings. The highest BCUT2D eigenvalue weighted by molar-refractivity contribution is 5.65. The third-order valence-corrected chi connectivity index (χ3v) is 2.34. The van der Waals surface area contributed by atoms with E-state index in [0.717, 1.165) is 17.0 Å². The maximum Gasteiger partial charge on any atom is 0.224 e. The van der Waals surface area contributed by atoms with Crippen LogP contribution in [-0.2, 0) is 0 Å². The highest BCUT2D eigenvalue weighted by Crippen LogP contribution is 2.23. The van der Waals surface area contributed by atoms with Gasteiger partial charge < -0.3 is 15.8 Å². The Hall–Kier alpha value is -2.30. The Bertz CT molecular complexity index is 528. The van der Waals surface area contributed by atoms with Gasteiger partial charge in [0.25, 0.3) is 0 Å². The lowest BCUT2D eigenvalue weighted by atomic mass is 10.1. The van der Waals surface area contributed by atoms with E-state index in [2.05, 4.69) is 15.3 Å². The molecule has 0 aliphatic carbocycles. The molecule has 0 spiro atoms. The number of methoxy groups -OCH3 is 1. The summed E-state index contributed by atoms with van der Waals surface area (Å²) in [6.45, 7) is 0. The van der Waals surface area contributed by atoms with Gasteiger partial charge in [-0.25, -0.2) is 4.98 Å². The lowest BCUT2D eigenvalue weighted by molar-refractivity contribution is 0.415. The number of rotatable bonds is 3. The van der Waals surface area contributed by atoms with Gasteiger partial charge in [0, 0.05) is 18.7 Å². The molecule has 2 rings (SSSR count). The van der Waals surface area contributed by atoms with Crippen molar-refractivity contribution >= 4 is 11.8 Å². The summed E-state index contributed by atoms with van der Waals surface area (Å²) in [5, 5.41) is 2.87. The van der Waals surface area contributed by atoms with Crippen LogP contribution in [0.2, 0.25) is 0 Å². The zero-order valence-corrected chi connectivity index (χ0v) is 9.77. The van der Waals surface area contributed by atoms with Crippen molar-refractivity contribution in [1.82, 2.24) is 9.97 Å². The van der Waals surface area contributed by atoms with Gasteiger partial charge in [0.1, 0.15) is 11.6 Å². The molecule has 88 valence electrons. The maximum atomic E-state index is 5.72. The summed E-state index contributed by atoms with van der Waals surface area (Å²) in [7, 11) is 3.39. The summed E-state index contributed by atoms with van der Waals surface area (Å²) in [5.41, 5.74) is 7.42. The molecule has 3 N–H and O–H groups in total.